The Balaban J connectivity index is 1.60. The van der Waals surface area contributed by atoms with E-state index in [2.05, 4.69) is 17.2 Å². The van der Waals surface area contributed by atoms with Crippen LogP contribution in [0, 0.1) is 5.82 Å². The number of nitrogens with one attached hydrogen (secondary N) is 2. The Kier molecular flexibility index (Phi) is 6.55. The van der Waals surface area contributed by atoms with Crippen molar-refractivity contribution in [2.24, 2.45) is 0 Å². The molecule has 0 unspecified atom stereocenters. The van der Waals surface area contributed by atoms with E-state index < -0.39 is 0 Å². The average Bonchev–Trinajstić information content (AvgIpc) is 3.48. The summed E-state index contributed by atoms with van der Waals surface area (Å²) >= 11 is 0. The van der Waals surface area contributed by atoms with Gasteiger partial charge in [0, 0.05) is 35.9 Å². The number of amides is 2. The minimum absolute atomic E-state index is 0.0822. The lowest BCUT2D eigenvalue weighted by molar-refractivity contribution is -0.117. The fraction of sp³-hybridized carbons (Fsp3) is 0.273. The molecule has 0 heterocycles. The van der Waals surface area contributed by atoms with Crippen molar-refractivity contribution in [1.82, 2.24) is 10.2 Å². The van der Waals surface area contributed by atoms with Crippen molar-refractivity contribution in [2.45, 2.75) is 25.4 Å². The van der Waals surface area contributed by atoms with Crippen LogP contribution < -0.4 is 10.6 Å². The van der Waals surface area contributed by atoms with Crippen LogP contribution in [0.25, 0.3) is 0 Å². The van der Waals surface area contributed by atoms with E-state index in [1.165, 1.54) is 6.07 Å². The van der Waals surface area contributed by atoms with E-state index >= 15 is 0 Å². The van der Waals surface area contributed by atoms with Crippen LogP contribution in [0.4, 0.5) is 10.1 Å². The zero-order valence-corrected chi connectivity index (χ0v) is 15.7. The van der Waals surface area contributed by atoms with Gasteiger partial charge in [-0.25, -0.2) is 4.39 Å². The highest BCUT2D eigenvalue weighted by atomic mass is 19.1. The van der Waals surface area contributed by atoms with Gasteiger partial charge >= 0.3 is 0 Å². The molecule has 1 saturated carbocycles. The second kappa shape index (κ2) is 9.28. The quantitative estimate of drug-likeness (QED) is 0.655. The highest BCUT2D eigenvalue weighted by Gasteiger charge is 2.23. The maximum absolute atomic E-state index is 13.9. The largest absolute Gasteiger partial charge is 0.349 e. The molecule has 0 spiro atoms. The van der Waals surface area contributed by atoms with Gasteiger partial charge in [-0.3, -0.25) is 14.5 Å². The van der Waals surface area contributed by atoms with Gasteiger partial charge in [-0.05, 0) is 37.1 Å². The number of nitrogens with zero attached hydrogens (tertiary/aromatic N) is 1. The lowest BCUT2D eigenvalue weighted by Crippen LogP contribution is -2.33. The smallest absolute Gasteiger partial charge is 0.251 e. The fourth-order valence-corrected chi connectivity index (χ4v) is 2.87. The molecule has 0 bridgehead atoms. The van der Waals surface area contributed by atoms with E-state index in [1.54, 1.807) is 53.4 Å². The van der Waals surface area contributed by atoms with Crippen molar-refractivity contribution in [3.05, 3.63) is 78.1 Å². The zero-order valence-electron chi connectivity index (χ0n) is 15.7. The van der Waals surface area contributed by atoms with Crippen molar-refractivity contribution < 1.29 is 14.0 Å². The highest BCUT2D eigenvalue weighted by molar-refractivity contribution is 5.97. The van der Waals surface area contributed by atoms with Crippen molar-refractivity contribution in [2.75, 3.05) is 18.4 Å². The maximum Gasteiger partial charge on any atom is 0.251 e. The van der Waals surface area contributed by atoms with Crippen LogP contribution in [0.5, 0.6) is 0 Å². The zero-order chi connectivity index (χ0) is 19.9. The first-order valence-corrected chi connectivity index (χ1v) is 9.32. The Morgan fingerprint density at radius 2 is 1.96 bits per heavy atom. The van der Waals surface area contributed by atoms with E-state index in [9.17, 15) is 14.0 Å². The molecule has 0 saturated heterocycles. The third-order valence-corrected chi connectivity index (χ3v) is 4.43. The number of halogens is 1. The van der Waals surface area contributed by atoms with Gasteiger partial charge in [0.1, 0.15) is 5.82 Å². The SMILES string of the molecule is C=CCN(CC(=O)Nc1cccc(C(=O)NC2CC2)c1)Cc1ccccc1F. The first-order chi connectivity index (χ1) is 13.5. The number of rotatable bonds is 9. The number of hydrogen-bond donors (Lipinski definition) is 2. The van der Waals surface area contributed by atoms with Crippen molar-refractivity contribution in [3.63, 3.8) is 0 Å². The summed E-state index contributed by atoms with van der Waals surface area (Å²) in [6.07, 6.45) is 3.71. The summed E-state index contributed by atoms with van der Waals surface area (Å²) in [6.45, 7) is 4.54. The molecule has 3 rings (SSSR count). The maximum atomic E-state index is 13.9. The predicted molar refractivity (Wildman–Crippen MR) is 107 cm³/mol. The Morgan fingerprint density at radius 3 is 2.68 bits per heavy atom. The number of carbonyl (C=O) groups is 2. The topological polar surface area (TPSA) is 61.4 Å². The van der Waals surface area contributed by atoms with Crippen LogP contribution in [0.15, 0.2) is 61.2 Å². The van der Waals surface area contributed by atoms with Gasteiger partial charge in [-0.2, -0.15) is 0 Å². The third-order valence-electron chi connectivity index (χ3n) is 4.43. The average molecular weight is 381 g/mol. The molecule has 2 aromatic rings. The van der Waals surface area contributed by atoms with Gasteiger partial charge in [0.15, 0.2) is 0 Å². The molecule has 1 aliphatic rings. The minimum Gasteiger partial charge on any atom is -0.349 e. The number of benzene rings is 2. The fourth-order valence-electron chi connectivity index (χ4n) is 2.87. The van der Waals surface area contributed by atoms with E-state index in [0.29, 0.717) is 29.9 Å². The molecule has 0 atom stereocenters. The minimum atomic E-state index is -0.300. The van der Waals surface area contributed by atoms with Crippen LogP contribution in [-0.2, 0) is 11.3 Å². The summed E-state index contributed by atoms with van der Waals surface area (Å²) in [5.41, 5.74) is 1.59. The Hall–Kier alpha value is -2.99. The van der Waals surface area contributed by atoms with Gasteiger partial charge in [0.2, 0.25) is 5.91 Å². The van der Waals surface area contributed by atoms with Crippen molar-refractivity contribution in [3.8, 4) is 0 Å². The van der Waals surface area contributed by atoms with Crippen molar-refractivity contribution >= 4 is 17.5 Å². The third kappa shape index (κ3) is 5.76. The second-order valence-corrected chi connectivity index (χ2v) is 6.93. The molecule has 28 heavy (non-hydrogen) atoms. The molecule has 0 aromatic heterocycles. The molecule has 0 radical (unpaired) electrons. The van der Waals surface area contributed by atoms with Crippen LogP contribution >= 0.6 is 0 Å². The summed E-state index contributed by atoms with van der Waals surface area (Å²) in [6, 6.07) is 13.6. The monoisotopic (exact) mass is 381 g/mol. The predicted octanol–water partition coefficient (Wildman–Crippen LogP) is 3.34. The number of carbonyl (C=O) groups excluding carboxylic acids is 2. The second-order valence-electron chi connectivity index (χ2n) is 6.93. The Labute approximate surface area is 164 Å². The Morgan fingerprint density at radius 1 is 1.18 bits per heavy atom. The molecule has 146 valence electrons. The molecule has 1 aliphatic carbocycles. The molecule has 0 aliphatic heterocycles. The molecule has 2 amide bonds. The number of hydrogen-bond acceptors (Lipinski definition) is 3. The molecule has 2 N–H and O–H groups in total. The van der Waals surface area contributed by atoms with Crippen LogP contribution in [-0.4, -0.2) is 35.8 Å². The van der Waals surface area contributed by atoms with Gasteiger partial charge in [-0.1, -0.05) is 30.3 Å². The van der Waals surface area contributed by atoms with Crippen molar-refractivity contribution in [1.29, 1.82) is 0 Å². The van der Waals surface area contributed by atoms with E-state index in [0.717, 1.165) is 12.8 Å². The Bertz CT molecular complexity index is 864. The molecular formula is C22H24FN3O2. The van der Waals surface area contributed by atoms with E-state index in [4.69, 9.17) is 0 Å². The normalized spacial score (nSPS) is 13.2. The molecule has 2 aromatic carbocycles. The van der Waals surface area contributed by atoms with Gasteiger partial charge in [0.25, 0.3) is 5.91 Å². The molecular weight excluding hydrogens is 357 g/mol. The van der Waals surface area contributed by atoms with E-state index in [1.807, 2.05) is 0 Å². The first kappa shape index (κ1) is 19.8. The number of anilines is 1. The van der Waals surface area contributed by atoms with Gasteiger partial charge < -0.3 is 10.6 Å². The van der Waals surface area contributed by atoms with Gasteiger partial charge in [0.05, 0.1) is 6.54 Å². The summed E-state index contributed by atoms with van der Waals surface area (Å²) in [5, 5.41) is 5.73. The molecule has 6 heteroatoms. The lowest BCUT2D eigenvalue weighted by Gasteiger charge is -2.20. The molecule has 5 nitrogen and oxygen atoms in total. The summed E-state index contributed by atoms with van der Waals surface area (Å²) in [5.74, 6) is -0.671. The highest BCUT2D eigenvalue weighted by Crippen LogP contribution is 2.20. The van der Waals surface area contributed by atoms with Gasteiger partial charge in [-0.15, -0.1) is 6.58 Å². The lowest BCUT2D eigenvalue weighted by atomic mass is 10.2. The van der Waals surface area contributed by atoms with Crippen LogP contribution in [0.1, 0.15) is 28.8 Å². The van der Waals surface area contributed by atoms with Crippen LogP contribution in [0.3, 0.4) is 0 Å². The van der Waals surface area contributed by atoms with Crippen LogP contribution in [0.2, 0.25) is 0 Å². The summed E-state index contributed by atoms with van der Waals surface area (Å²) in [4.78, 5) is 26.4. The summed E-state index contributed by atoms with van der Waals surface area (Å²) < 4.78 is 13.9. The summed E-state index contributed by atoms with van der Waals surface area (Å²) in [7, 11) is 0. The van der Waals surface area contributed by atoms with E-state index in [-0.39, 0.29) is 30.2 Å². The first-order valence-electron chi connectivity index (χ1n) is 9.32. The standard InChI is InChI=1S/C22H24FN3O2/c1-2-12-26(14-17-6-3-4-9-20(17)23)15-21(27)24-19-8-5-7-16(13-19)22(28)25-18-10-11-18/h2-9,13,18H,1,10-12,14-15H2,(H,24,27)(H,25,28). The molecule has 1 fully saturated rings.